The molecule has 2 aromatic carbocycles. The molecule has 10 rings (SSSR count). The number of carbonyl (C=O) groups is 2. The lowest BCUT2D eigenvalue weighted by atomic mass is 9.89. The summed E-state index contributed by atoms with van der Waals surface area (Å²) >= 11 is 6.23. The molecular formula is C53H78Cl3N9O6. The molecule has 15 nitrogen and oxygen atoms in total. The number of fused-ring (bicyclic) bond motifs is 6. The van der Waals surface area contributed by atoms with Gasteiger partial charge in [0.05, 0.1) is 41.2 Å². The van der Waals surface area contributed by atoms with Gasteiger partial charge in [-0.25, -0.2) is 9.97 Å². The maximum Gasteiger partial charge on any atom is 0.288 e. The summed E-state index contributed by atoms with van der Waals surface area (Å²) in [5.41, 5.74) is 18.4. The Balaban J connectivity index is 0.000000202. The predicted molar refractivity (Wildman–Crippen MR) is 285 cm³/mol. The molecule has 2 amide bonds. The summed E-state index contributed by atoms with van der Waals surface area (Å²) in [6.07, 6.45) is 28.3. The number of hydrogen-bond donors (Lipinski definition) is 5. The number of aromatic nitrogens is 4. The van der Waals surface area contributed by atoms with Crippen LogP contribution in [0.3, 0.4) is 0 Å². The Labute approximate surface area is 435 Å². The highest BCUT2D eigenvalue weighted by Gasteiger charge is 2.46. The fourth-order valence-corrected chi connectivity index (χ4v) is 13.4. The Morgan fingerprint density at radius 3 is 1.32 bits per heavy atom. The summed E-state index contributed by atoms with van der Waals surface area (Å²) in [5.74, 6) is -2.08. The van der Waals surface area contributed by atoms with Crippen LogP contribution in [0.1, 0.15) is 159 Å². The molecule has 8 atom stereocenters. The predicted octanol–water partition coefficient (Wildman–Crippen LogP) is 7.28. The van der Waals surface area contributed by atoms with Crippen molar-refractivity contribution in [3.8, 4) is 0 Å². The van der Waals surface area contributed by atoms with Gasteiger partial charge < -0.3 is 36.5 Å². The number of aliphatic hydroxyl groups is 2. The topological polar surface area (TPSA) is 229 Å². The van der Waals surface area contributed by atoms with Crippen molar-refractivity contribution in [2.75, 3.05) is 13.2 Å². The van der Waals surface area contributed by atoms with E-state index in [1.165, 1.54) is 116 Å². The summed E-state index contributed by atoms with van der Waals surface area (Å²) in [6.45, 7) is -0.761. The van der Waals surface area contributed by atoms with Crippen LogP contribution in [0.5, 0.6) is 0 Å². The van der Waals surface area contributed by atoms with Crippen molar-refractivity contribution in [3.63, 3.8) is 0 Å². The average Bonchev–Trinajstić information content (AvgIpc) is 3.73. The molecule has 71 heavy (non-hydrogen) atoms. The van der Waals surface area contributed by atoms with E-state index < -0.39 is 23.8 Å². The molecule has 4 aromatic rings. The van der Waals surface area contributed by atoms with Crippen LogP contribution in [-0.2, 0) is 16.0 Å². The number of primary amides is 2. The van der Waals surface area contributed by atoms with Crippen molar-refractivity contribution in [1.29, 1.82) is 0 Å². The molecule has 18 heteroatoms. The van der Waals surface area contributed by atoms with Crippen molar-refractivity contribution in [2.24, 2.45) is 23.1 Å². The minimum absolute atomic E-state index is 0. The van der Waals surface area contributed by atoms with Gasteiger partial charge in [-0.2, -0.15) is 0 Å². The molecule has 392 valence electrons. The third kappa shape index (κ3) is 13.2. The molecule has 2 aliphatic carbocycles. The molecule has 2 saturated carbocycles. The quantitative estimate of drug-likeness (QED) is 0.106. The minimum Gasteiger partial charge on any atom is -0.396 e. The van der Waals surface area contributed by atoms with Crippen molar-refractivity contribution >= 4 is 70.3 Å². The molecule has 4 saturated heterocycles. The third-order valence-corrected chi connectivity index (χ3v) is 16.7. The molecule has 0 spiro atoms. The van der Waals surface area contributed by atoms with Crippen molar-refractivity contribution < 1.29 is 19.8 Å². The van der Waals surface area contributed by atoms with E-state index in [9.17, 15) is 24.3 Å². The van der Waals surface area contributed by atoms with Gasteiger partial charge in [0.15, 0.2) is 5.15 Å². The van der Waals surface area contributed by atoms with Gasteiger partial charge in [0.1, 0.15) is 11.7 Å². The van der Waals surface area contributed by atoms with Gasteiger partial charge in [0.25, 0.3) is 11.1 Å². The highest BCUT2D eigenvalue weighted by Crippen LogP contribution is 2.46. The first kappa shape index (κ1) is 56.6. The first-order chi connectivity index (χ1) is 33.5. The zero-order chi connectivity index (χ0) is 48.6. The number of benzene rings is 2. The molecule has 8 N–H and O–H groups in total. The lowest BCUT2D eigenvalue weighted by Crippen LogP contribution is -2.50. The molecule has 4 aliphatic heterocycles. The number of rotatable bonds is 10. The SMILES string of the molecule is Cl.Cl.NC(=O)[C@@H](N)CO.NC(=O)[C@H](CO)Cc1nc2ccccc2n(C2C[C@H]3CC[C@@H](C2)N3C2CCCCCCC2)c1=O.O=c1c(Cl)nc2ccccc2n1C1C[C@H]2CC[C@@H](C1)N2C1CCCCCCC1. The number of amides is 2. The van der Waals surface area contributed by atoms with E-state index >= 15 is 0 Å². The van der Waals surface area contributed by atoms with E-state index in [0.29, 0.717) is 35.9 Å². The van der Waals surface area contributed by atoms with Crippen molar-refractivity contribution in [3.05, 3.63) is 80.1 Å². The molecule has 2 aromatic heterocycles. The van der Waals surface area contributed by atoms with Crippen molar-refractivity contribution in [2.45, 2.75) is 202 Å². The molecule has 2 unspecified atom stereocenters. The highest BCUT2D eigenvalue weighted by atomic mass is 35.5. The number of piperidine rings is 2. The Morgan fingerprint density at radius 2 is 0.944 bits per heavy atom. The lowest BCUT2D eigenvalue weighted by molar-refractivity contribution is -0.123. The van der Waals surface area contributed by atoms with E-state index in [0.717, 1.165) is 53.8 Å². The van der Waals surface area contributed by atoms with Gasteiger partial charge in [-0.1, -0.05) is 100 Å². The van der Waals surface area contributed by atoms with Crippen LogP contribution in [0, 0.1) is 5.92 Å². The van der Waals surface area contributed by atoms with Crippen LogP contribution in [0.25, 0.3) is 22.1 Å². The second-order valence-corrected chi connectivity index (χ2v) is 21.2. The number of para-hydroxylation sites is 4. The number of aliphatic hydroxyl groups excluding tert-OH is 2. The first-order valence-electron chi connectivity index (χ1n) is 26.2. The maximum atomic E-state index is 13.7. The standard InChI is InChI=1S/C27H38N4O3.C23H30ClN3O.C3H8N2O2.2ClH/c28-26(33)18(17-32)14-24-27(34)31(25-11-7-6-10-23(25)29-24)22-15-20-12-13-21(16-22)30(20)19-8-4-2-1-3-5-9-19;24-22-23(28)27(21-11-7-6-10-20(21)25-22)19-14-17-12-13-18(15-19)26(17)16-8-4-2-1-3-5-9-16;4-2(1-6)3(5)7;;/h6-7,10-11,18-22,32H,1-5,8-9,12-17H2,(H2,28,33);6-7,10-11,16-19H,1-5,8-9,12-15H2;2,6H,1,4H2,(H2,5,7);2*1H/t18-,20-,21+,22?;17-,18+,19?;2-;;/m0.0../s1. The van der Waals surface area contributed by atoms with Gasteiger partial charge >= 0.3 is 0 Å². The number of nitrogens with zero attached hydrogens (tertiary/aromatic N) is 6. The lowest BCUT2D eigenvalue weighted by Gasteiger charge is -2.45. The molecule has 6 fully saturated rings. The summed E-state index contributed by atoms with van der Waals surface area (Å²) < 4.78 is 3.92. The number of nitrogens with two attached hydrogens (primary N) is 3. The average molecular weight is 1040 g/mol. The van der Waals surface area contributed by atoms with Crippen LogP contribution in [-0.4, -0.2) is 106 Å². The second kappa shape index (κ2) is 26.5. The van der Waals surface area contributed by atoms with Gasteiger partial charge in [-0.15, -0.1) is 24.8 Å². The minimum atomic E-state index is -0.903. The van der Waals surface area contributed by atoms with E-state index in [2.05, 4.69) is 25.5 Å². The van der Waals surface area contributed by atoms with Crippen LogP contribution in [0.4, 0.5) is 0 Å². The Morgan fingerprint density at radius 1 is 0.549 bits per heavy atom. The Hall–Kier alpha value is -3.67. The number of halogens is 3. The zero-order valence-corrected chi connectivity index (χ0v) is 43.6. The van der Waals surface area contributed by atoms with E-state index in [1.54, 1.807) is 0 Å². The largest absolute Gasteiger partial charge is 0.396 e. The van der Waals surface area contributed by atoms with Crippen molar-refractivity contribution in [1.82, 2.24) is 28.9 Å². The van der Waals surface area contributed by atoms with Gasteiger partial charge in [0.2, 0.25) is 11.8 Å². The summed E-state index contributed by atoms with van der Waals surface area (Å²) in [6, 6.07) is 18.9. The van der Waals surface area contributed by atoms with Crippen LogP contribution >= 0.6 is 36.4 Å². The normalized spacial score (nSPS) is 26.1. The molecule has 0 radical (unpaired) electrons. The summed E-state index contributed by atoms with van der Waals surface area (Å²) in [7, 11) is 0. The molecule has 4 bridgehead atoms. The second-order valence-electron chi connectivity index (χ2n) is 20.9. The Bertz CT molecular complexity index is 2470. The summed E-state index contributed by atoms with van der Waals surface area (Å²) in [5, 5.41) is 17.8. The summed E-state index contributed by atoms with van der Waals surface area (Å²) in [4.78, 5) is 62.9. The van der Waals surface area contributed by atoms with Gasteiger partial charge in [-0.3, -0.25) is 29.0 Å². The highest BCUT2D eigenvalue weighted by molar-refractivity contribution is 6.29. The fraction of sp³-hybridized carbons (Fsp3) is 0.660. The number of carbonyl (C=O) groups excluding carboxylic acids is 2. The monoisotopic (exact) mass is 1040 g/mol. The fourth-order valence-electron chi connectivity index (χ4n) is 13.2. The third-order valence-electron chi connectivity index (χ3n) is 16.5. The van der Waals surface area contributed by atoms with Crippen LogP contribution < -0.4 is 28.3 Å². The van der Waals surface area contributed by atoms with Gasteiger partial charge in [0, 0.05) is 54.8 Å². The van der Waals surface area contributed by atoms with Gasteiger partial charge in [-0.05, 0) is 101 Å². The van der Waals surface area contributed by atoms with E-state index in [4.69, 9.17) is 28.2 Å². The molecular weight excluding hydrogens is 965 g/mol. The van der Waals surface area contributed by atoms with E-state index in [1.807, 2.05) is 57.7 Å². The molecule has 6 heterocycles. The first-order valence-corrected chi connectivity index (χ1v) is 26.6. The number of hydrogen-bond acceptors (Lipinski definition) is 11. The zero-order valence-electron chi connectivity index (χ0n) is 41.2. The van der Waals surface area contributed by atoms with Crippen LogP contribution in [0.2, 0.25) is 5.15 Å². The smallest absolute Gasteiger partial charge is 0.288 e. The maximum absolute atomic E-state index is 13.7. The molecule has 6 aliphatic rings. The Kier molecular flexibility index (Phi) is 21.1. The van der Waals surface area contributed by atoms with Crippen LogP contribution in [0.15, 0.2) is 58.1 Å². The van der Waals surface area contributed by atoms with E-state index in [-0.39, 0.29) is 72.8 Å².